The number of halogens is 1. The summed E-state index contributed by atoms with van der Waals surface area (Å²) >= 11 is 4.93. The van der Waals surface area contributed by atoms with Gasteiger partial charge in [-0.15, -0.1) is 11.3 Å². The van der Waals surface area contributed by atoms with Gasteiger partial charge >= 0.3 is 0 Å². The normalized spacial score (nSPS) is 11.3. The van der Waals surface area contributed by atoms with Gasteiger partial charge in [0, 0.05) is 9.86 Å². The van der Waals surface area contributed by atoms with E-state index in [1.807, 2.05) is 18.2 Å². The van der Waals surface area contributed by atoms with E-state index in [2.05, 4.69) is 25.9 Å². The first kappa shape index (κ1) is 9.06. The second-order valence-electron chi connectivity index (χ2n) is 3.13. The molecular weight excluding hydrogens is 276 g/mol. The molecule has 0 aliphatic heterocycles. The third kappa shape index (κ3) is 1.23. The van der Waals surface area contributed by atoms with Gasteiger partial charge in [-0.05, 0) is 22.0 Å². The number of hydrogen-bond acceptors (Lipinski definition) is 3. The second-order valence-corrected chi connectivity index (χ2v) is 5.00. The molecule has 3 rings (SSSR count). The van der Waals surface area contributed by atoms with Crippen molar-refractivity contribution in [3.05, 3.63) is 39.4 Å². The van der Waals surface area contributed by atoms with Gasteiger partial charge in [-0.2, -0.15) is 0 Å². The maximum Gasteiger partial charge on any atom is 0.268 e. The molecule has 0 saturated carbocycles. The van der Waals surface area contributed by atoms with E-state index in [9.17, 15) is 4.79 Å². The number of nitrogens with zero attached hydrogens (tertiary/aromatic N) is 1. The summed E-state index contributed by atoms with van der Waals surface area (Å²) in [6.07, 6.45) is 1.44. The summed E-state index contributed by atoms with van der Waals surface area (Å²) in [4.78, 5) is 18.3. The lowest BCUT2D eigenvalue weighted by Gasteiger charge is -1.91. The Morgan fingerprint density at radius 1 is 1.33 bits per heavy atom. The fourth-order valence-electron chi connectivity index (χ4n) is 1.57. The van der Waals surface area contributed by atoms with E-state index < -0.39 is 0 Å². The number of thiophene rings is 1. The van der Waals surface area contributed by atoms with Crippen LogP contribution in [0.25, 0.3) is 20.3 Å². The van der Waals surface area contributed by atoms with Crippen molar-refractivity contribution >= 4 is 47.6 Å². The van der Waals surface area contributed by atoms with Crippen LogP contribution < -0.4 is 5.56 Å². The molecule has 0 aliphatic rings. The highest BCUT2D eigenvalue weighted by Gasteiger charge is 2.10. The molecule has 0 unspecified atom stereocenters. The van der Waals surface area contributed by atoms with Crippen molar-refractivity contribution in [2.75, 3.05) is 0 Å². The standard InChI is InChI=1S/C10H5BrN2OS/c11-6-3-1-2-5-7-9(15-8(5)6)10(14)13-4-12-7/h1-4H,(H,12,13,14). The third-order valence-electron chi connectivity index (χ3n) is 2.24. The fourth-order valence-corrected chi connectivity index (χ4v) is 3.24. The first-order valence-corrected chi connectivity index (χ1v) is 5.93. The number of nitrogens with one attached hydrogen (secondary N) is 1. The minimum atomic E-state index is -0.0758. The zero-order valence-electron chi connectivity index (χ0n) is 7.45. The monoisotopic (exact) mass is 280 g/mol. The van der Waals surface area contributed by atoms with E-state index in [4.69, 9.17) is 0 Å². The number of benzene rings is 1. The first-order valence-electron chi connectivity index (χ1n) is 4.32. The number of H-pyrrole nitrogens is 1. The van der Waals surface area contributed by atoms with E-state index in [1.165, 1.54) is 17.7 Å². The van der Waals surface area contributed by atoms with Crippen LogP contribution in [-0.2, 0) is 0 Å². The Kier molecular flexibility index (Phi) is 1.90. The van der Waals surface area contributed by atoms with E-state index in [0.29, 0.717) is 4.70 Å². The molecule has 0 saturated heterocycles. The maximum absolute atomic E-state index is 11.6. The average molecular weight is 281 g/mol. The molecule has 1 N–H and O–H groups in total. The maximum atomic E-state index is 11.6. The van der Waals surface area contributed by atoms with Crippen molar-refractivity contribution in [1.82, 2.24) is 9.97 Å². The molecule has 3 aromatic rings. The predicted molar refractivity (Wildman–Crippen MR) is 65.4 cm³/mol. The topological polar surface area (TPSA) is 45.8 Å². The molecule has 0 amide bonds. The summed E-state index contributed by atoms with van der Waals surface area (Å²) in [5, 5.41) is 1.02. The number of aromatic nitrogens is 2. The van der Waals surface area contributed by atoms with Gasteiger partial charge in [0.05, 0.1) is 16.5 Å². The largest absolute Gasteiger partial charge is 0.312 e. The summed E-state index contributed by atoms with van der Waals surface area (Å²) in [5.74, 6) is 0. The first-order chi connectivity index (χ1) is 7.27. The fraction of sp³-hybridized carbons (Fsp3) is 0. The Bertz CT molecular complexity index is 716. The van der Waals surface area contributed by atoms with Crippen LogP contribution in [0.4, 0.5) is 0 Å². The van der Waals surface area contributed by atoms with Crippen molar-refractivity contribution in [1.29, 1.82) is 0 Å². The molecule has 5 heteroatoms. The lowest BCUT2D eigenvalue weighted by molar-refractivity contribution is 1.18. The van der Waals surface area contributed by atoms with Gasteiger partial charge in [0.1, 0.15) is 4.70 Å². The quantitative estimate of drug-likeness (QED) is 0.688. The summed E-state index contributed by atoms with van der Waals surface area (Å²) in [6, 6.07) is 5.89. The smallest absolute Gasteiger partial charge is 0.268 e. The molecular formula is C10H5BrN2OS. The van der Waals surface area contributed by atoms with Crippen LogP contribution in [-0.4, -0.2) is 9.97 Å². The number of fused-ring (bicyclic) bond motifs is 3. The Morgan fingerprint density at radius 2 is 2.20 bits per heavy atom. The van der Waals surface area contributed by atoms with Crippen molar-refractivity contribution in [3.63, 3.8) is 0 Å². The van der Waals surface area contributed by atoms with Gasteiger partial charge in [0.25, 0.3) is 5.56 Å². The van der Waals surface area contributed by atoms with Crippen LogP contribution in [0, 0.1) is 0 Å². The van der Waals surface area contributed by atoms with Crippen LogP contribution in [0.5, 0.6) is 0 Å². The highest BCUT2D eigenvalue weighted by Crippen LogP contribution is 2.34. The van der Waals surface area contributed by atoms with E-state index >= 15 is 0 Å². The molecule has 0 aliphatic carbocycles. The molecule has 0 radical (unpaired) electrons. The minimum absolute atomic E-state index is 0.0758. The van der Waals surface area contributed by atoms with Crippen LogP contribution in [0.15, 0.2) is 33.8 Å². The van der Waals surface area contributed by atoms with Crippen molar-refractivity contribution in [2.45, 2.75) is 0 Å². The molecule has 2 aromatic heterocycles. The molecule has 15 heavy (non-hydrogen) atoms. The van der Waals surface area contributed by atoms with E-state index in [0.717, 1.165) is 20.1 Å². The molecule has 0 bridgehead atoms. The minimum Gasteiger partial charge on any atom is -0.312 e. The molecule has 0 fully saturated rings. The number of aromatic amines is 1. The summed E-state index contributed by atoms with van der Waals surface area (Å²) in [5.41, 5.74) is 0.702. The highest BCUT2D eigenvalue weighted by molar-refractivity contribution is 9.10. The Hall–Kier alpha value is -1.20. The molecule has 74 valence electrons. The van der Waals surface area contributed by atoms with E-state index in [1.54, 1.807) is 0 Å². The van der Waals surface area contributed by atoms with Crippen LogP contribution >= 0.6 is 27.3 Å². The molecule has 3 nitrogen and oxygen atoms in total. The van der Waals surface area contributed by atoms with Crippen molar-refractivity contribution < 1.29 is 0 Å². The van der Waals surface area contributed by atoms with Crippen molar-refractivity contribution in [2.24, 2.45) is 0 Å². The Labute approximate surface area is 96.9 Å². The molecule has 1 aromatic carbocycles. The van der Waals surface area contributed by atoms with Crippen molar-refractivity contribution in [3.8, 4) is 0 Å². The zero-order valence-corrected chi connectivity index (χ0v) is 9.85. The molecule has 2 heterocycles. The lowest BCUT2D eigenvalue weighted by Crippen LogP contribution is -2.03. The highest BCUT2D eigenvalue weighted by atomic mass is 79.9. The van der Waals surface area contributed by atoms with Gasteiger partial charge in [0.2, 0.25) is 0 Å². The Balaban J connectivity index is 2.69. The van der Waals surface area contributed by atoms with Gasteiger partial charge in [-0.25, -0.2) is 4.98 Å². The van der Waals surface area contributed by atoms with Crippen LogP contribution in [0.2, 0.25) is 0 Å². The van der Waals surface area contributed by atoms with Crippen LogP contribution in [0.1, 0.15) is 0 Å². The molecule has 0 spiro atoms. The summed E-state index contributed by atoms with van der Waals surface area (Å²) < 4.78 is 2.75. The lowest BCUT2D eigenvalue weighted by atomic mass is 10.2. The number of rotatable bonds is 0. The van der Waals surface area contributed by atoms with Gasteiger partial charge < -0.3 is 4.98 Å². The van der Waals surface area contributed by atoms with Gasteiger partial charge in [0.15, 0.2) is 0 Å². The second kappa shape index (κ2) is 3.15. The molecule has 0 atom stereocenters. The summed E-state index contributed by atoms with van der Waals surface area (Å²) in [6.45, 7) is 0. The zero-order chi connectivity index (χ0) is 10.4. The van der Waals surface area contributed by atoms with E-state index in [-0.39, 0.29) is 5.56 Å². The predicted octanol–water partition coefficient (Wildman–Crippen LogP) is 2.90. The third-order valence-corrected chi connectivity index (χ3v) is 4.39. The van der Waals surface area contributed by atoms with Gasteiger partial charge in [-0.3, -0.25) is 4.79 Å². The average Bonchev–Trinajstić information content (AvgIpc) is 2.60. The van der Waals surface area contributed by atoms with Gasteiger partial charge in [-0.1, -0.05) is 12.1 Å². The Morgan fingerprint density at radius 3 is 3.07 bits per heavy atom. The SMILES string of the molecule is O=c1[nH]cnc2c1sc1c(Br)cccc12. The van der Waals surface area contributed by atoms with Crippen LogP contribution in [0.3, 0.4) is 0 Å². The number of hydrogen-bond donors (Lipinski definition) is 1. The summed E-state index contributed by atoms with van der Waals surface area (Å²) in [7, 11) is 0.